The van der Waals surface area contributed by atoms with Gasteiger partial charge in [-0.15, -0.1) is 0 Å². The fourth-order valence-electron chi connectivity index (χ4n) is 0.981. The highest BCUT2D eigenvalue weighted by atomic mass is 19.1. The van der Waals surface area contributed by atoms with E-state index in [4.69, 9.17) is 0 Å². The van der Waals surface area contributed by atoms with Crippen molar-refractivity contribution in [3.63, 3.8) is 0 Å². The lowest BCUT2D eigenvalue weighted by atomic mass is 10.2. The topological polar surface area (TPSA) is 29.1 Å². The number of anilines is 1. The van der Waals surface area contributed by atoms with E-state index in [1.54, 1.807) is 6.92 Å². The number of nitrogens with one attached hydrogen (secondary N) is 1. The minimum absolute atomic E-state index is 0.111. The molecule has 0 fully saturated rings. The van der Waals surface area contributed by atoms with Crippen LogP contribution in [0.4, 0.5) is 14.5 Å². The standard InChI is InChI=1S/C10H11F2NO/c1-3-10(14)13-9-5-7(11)6(2)4-8(9)12/h4-5H,3H2,1-2H3,(H,13,14). The molecule has 0 saturated heterocycles. The summed E-state index contributed by atoms with van der Waals surface area (Å²) in [4.78, 5) is 10.9. The van der Waals surface area contributed by atoms with E-state index in [1.165, 1.54) is 6.92 Å². The molecular formula is C10H11F2NO. The van der Waals surface area contributed by atoms with Gasteiger partial charge in [-0.05, 0) is 18.6 Å². The molecule has 0 spiro atoms. The van der Waals surface area contributed by atoms with Crippen molar-refractivity contribution < 1.29 is 13.6 Å². The van der Waals surface area contributed by atoms with Crippen molar-refractivity contribution in [3.05, 3.63) is 29.3 Å². The summed E-state index contributed by atoms with van der Waals surface area (Å²) in [6.45, 7) is 3.10. The first-order valence-electron chi connectivity index (χ1n) is 4.30. The molecule has 0 aliphatic carbocycles. The lowest BCUT2D eigenvalue weighted by Crippen LogP contribution is -2.11. The molecule has 1 N–H and O–H groups in total. The normalized spacial score (nSPS) is 10.0. The van der Waals surface area contributed by atoms with Crippen LogP contribution in [-0.4, -0.2) is 5.91 Å². The molecule has 76 valence electrons. The molecule has 0 unspecified atom stereocenters. The lowest BCUT2D eigenvalue weighted by molar-refractivity contribution is -0.115. The van der Waals surface area contributed by atoms with Crippen molar-refractivity contribution in [3.8, 4) is 0 Å². The second kappa shape index (κ2) is 4.17. The van der Waals surface area contributed by atoms with E-state index in [-0.39, 0.29) is 23.6 Å². The van der Waals surface area contributed by atoms with Crippen molar-refractivity contribution in [2.24, 2.45) is 0 Å². The molecule has 0 aromatic heterocycles. The van der Waals surface area contributed by atoms with Gasteiger partial charge < -0.3 is 5.32 Å². The predicted molar refractivity (Wildman–Crippen MR) is 50.0 cm³/mol. The molecule has 1 amide bonds. The van der Waals surface area contributed by atoms with Gasteiger partial charge >= 0.3 is 0 Å². The van der Waals surface area contributed by atoms with Gasteiger partial charge in [-0.2, -0.15) is 0 Å². The Kier molecular flexibility index (Phi) is 3.17. The average molecular weight is 199 g/mol. The van der Waals surface area contributed by atoms with E-state index in [2.05, 4.69) is 5.32 Å². The Bertz CT molecular complexity index is 363. The SMILES string of the molecule is CCC(=O)Nc1cc(F)c(C)cc1F. The molecule has 0 saturated carbocycles. The molecule has 14 heavy (non-hydrogen) atoms. The van der Waals surface area contributed by atoms with E-state index < -0.39 is 11.6 Å². The minimum Gasteiger partial charge on any atom is -0.324 e. The molecule has 0 aliphatic rings. The van der Waals surface area contributed by atoms with Crippen LogP contribution in [0.25, 0.3) is 0 Å². The molecule has 1 aromatic carbocycles. The maximum Gasteiger partial charge on any atom is 0.224 e. The number of rotatable bonds is 2. The largest absolute Gasteiger partial charge is 0.324 e. The number of amides is 1. The van der Waals surface area contributed by atoms with Crippen LogP contribution in [0.5, 0.6) is 0 Å². The van der Waals surface area contributed by atoms with E-state index in [0.717, 1.165) is 12.1 Å². The van der Waals surface area contributed by atoms with Crippen molar-refractivity contribution in [2.45, 2.75) is 20.3 Å². The summed E-state index contributed by atoms with van der Waals surface area (Å²) in [7, 11) is 0. The average Bonchev–Trinajstić information content (AvgIpc) is 2.14. The Morgan fingerprint density at radius 3 is 2.57 bits per heavy atom. The maximum absolute atomic E-state index is 13.1. The molecule has 1 aromatic rings. The highest BCUT2D eigenvalue weighted by Gasteiger charge is 2.08. The van der Waals surface area contributed by atoms with Gasteiger partial charge in [0.2, 0.25) is 5.91 Å². The second-order valence-electron chi connectivity index (χ2n) is 2.98. The van der Waals surface area contributed by atoms with Crippen molar-refractivity contribution in [2.75, 3.05) is 5.32 Å². The Morgan fingerprint density at radius 1 is 1.36 bits per heavy atom. The zero-order chi connectivity index (χ0) is 10.7. The third-order valence-electron chi connectivity index (χ3n) is 1.84. The Morgan fingerprint density at radius 2 is 2.00 bits per heavy atom. The van der Waals surface area contributed by atoms with Gasteiger partial charge in [-0.1, -0.05) is 6.92 Å². The highest BCUT2D eigenvalue weighted by molar-refractivity contribution is 5.90. The van der Waals surface area contributed by atoms with Gasteiger partial charge in [0, 0.05) is 12.5 Å². The molecule has 0 heterocycles. The van der Waals surface area contributed by atoms with E-state index in [0.29, 0.717) is 0 Å². The third-order valence-corrected chi connectivity index (χ3v) is 1.84. The van der Waals surface area contributed by atoms with E-state index in [9.17, 15) is 13.6 Å². The molecule has 0 radical (unpaired) electrons. The summed E-state index contributed by atoms with van der Waals surface area (Å²) >= 11 is 0. The fourth-order valence-corrected chi connectivity index (χ4v) is 0.981. The van der Waals surface area contributed by atoms with Crippen LogP contribution in [0.1, 0.15) is 18.9 Å². The maximum atomic E-state index is 13.1. The van der Waals surface area contributed by atoms with Gasteiger partial charge in [-0.25, -0.2) is 8.78 Å². The molecule has 1 rings (SSSR count). The van der Waals surface area contributed by atoms with Crippen LogP contribution >= 0.6 is 0 Å². The summed E-state index contributed by atoms with van der Waals surface area (Å²) < 4.78 is 26.1. The minimum atomic E-state index is -0.620. The monoisotopic (exact) mass is 199 g/mol. The summed E-state index contributed by atoms with van der Waals surface area (Å²) in [5, 5.41) is 2.27. The number of hydrogen-bond donors (Lipinski definition) is 1. The Labute approximate surface area is 80.9 Å². The van der Waals surface area contributed by atoms with E-state index >= 15 is 0 Å². The van der Waals surface area contributed by atoms with Crippen LogP contribution < -0.4 is 5.32 Å². The molecule has 0 aliphatic heterocycles. The number of halogens is 2. The summed E-state index contributed by atoms with van der Waals surface area (Å²) in [5.74, 6) is -1.49. The zero-order valence-electron chi connectivity index (χ0n) is 8.03. The number of hydrogen-bond acceptors (Lipinski definition) is 1. The van der Waals surface area contributed by atoms with Gasteiger partial charge in [-0.3, -0.25) is 4.79 Å². The second-order valence-corrected chi connectivity index (χ2v) is 2.98. The van der Waals surface area contributed by atoms with Gasteiger partial charge in [0.25, 0.3) is 0 Å². The number of carbonyl (C=O) groups is 1. The van der Waals surface area contributed by atoms with E-state index in [1.807, 2.05) is 0 Å². The van der Waals surface area contributed by atoms with Crippen LogP contribution in [0.15, 0.2) is 12.1 Å². The molecule has 2 nitrogen and oxygen atoms in total. The molecular weight excluding hydrogens is 188 g/mol. The van der Waals surface area contributed by atoms with Crippen molar-refractivity contribution in [1.82, 2.24) is 0 Å². The number of benzene rings is 1. The third kappa shape index (κ3) is 2.28. The number of aryl methyl sites for hydroxylation is 1. The summed E-state index contributed by atoms with van der Waals surface area (Å²) in [6.07, 6.45) is 0.231. The Balaban J connectivity index is 2.98. The van der Waals surface area contributed by atoms with Crippen LogP contribution in [-0.2, 0) is 4.79 Å². The zero-order valence-corrected chi connectivity index (χ0v) is 8.03. The fraction of sp³-hybridized carbons (Fsp3) is 0.300. The quantitative estimate of drug-likeness (QED) is 0.779. The Hall–Kier alpha value is -1.45. The van der Waals surface area contributed by atoms with Crippen molar-refractivity contribution in [1.29, 1.82) is 0 Å². The summed E-state index contributed by atoms with van der Waals surface area (Å²) in [6, 6.07) is 2.04. The first-order valence-corrected chi connectivity index (χ1v) is 4.30. The lowest BCUT2D eigenvalue weighted by Gasteiger charge is -2.06. The molecule has 4 heteroatoms. The predicted octanol–water partition coefficient (Wildman–Crippen LogP) is 2.62. The van der Waals surface area contributed by atoms with Gasteiger partial charge in [0.15, 0.2) is 0 Å². The van der Waals surface area contributed by atoms with Crippen LogP contribution in [0.3, 0.4) is 0 Å². The first kappa shape index (κ1) is 10.6. The van der Waals surface area contributed by atoms with Crippen molar-refractivity contribution >= 4 is 11.6 Å². The smallest absolute Gasteiger partial charge is 0.224 e. The first-order chi connectivity index (χ1) is 6.54. The van der Waals surface area contributed by atoms with Gasteiger partial charge in [0.05, 0.1) is 5.69 Å². The van der Waals surface area contributed by atoms with Gasteiger partial charge in [0.1, 0.15) is 11.6 Å². The van der Waals surface area contributed by atoms with Crippen LogP contribution in [0.2, 0.25) is 0 Å². The molecule has 0 atom stereocenters. The molecule has 0 bridgehead atoms. The van der Waals surface area contributed by atoms with Crippen LogP contribution in [0, 0.1) is 18.6 Å². The highest BCUT2D eigenvalue weighted by Crippen LogP contribution is 2.18. The summed E-state index contributed by atoms with van der Waals surface area (Å²) in [5.41, 5.74) is 0.108. The number of carbonyl (C=O) groups excluding carboxylic acids is 1.